The van der Waals surface area contributed by atoms with E-state index < -0.39 is 11.9 Å². The molecule has 1 aromatic heterocycles. The molecule has 0 unspecified atom stereocenters. The Morgan fingerprint density at radius 2 is 1.81 bits per heavy atom. The maximum atomic E-state index is 11.5. The number of urea groups is 1. The Labute approximate surface area is 148 Å². The Kier molecular flexibility index (Phi) is 4.36. The lowest BCUT2D eigenvalue weighted by Crippen LogP contribution is -2.22. The van der Waals surface area contributed by atoms with Gasteiger partial charge in [-0.2, -0.15) is 5.26 Å². The number of hydrogen-bond acceptors (Lipinski definition) is 4. The van der Waals surface area contributed by atoms with Crippen molar-refractivity contribution in [3.05, 3.63) is 65.9 Å². The molecule has 0 radical (unpaired) electrons. The molecule has 0 atom stereocenters. The molecule has 0 fully saturated rings. The number of aromatic nitrogens is 2. The van der Waals surface area contributed by atoms with Gasteiger partial charge in [0.2, 0.25) is 0 Å². The summed E-state index contributed by atoms with van der Waals surface area (Å²) >= 11 is 0. The molecule has 26 heavy (non-hydrogen) atoms. The number of benzene rings is 2. The molecule has 5 N–H and O–H groups in total. The van der Waals surface area contributed by atoms with E-state index in [2.05, 4.69) is 16.5 Å². The largest absolute Gasteiger partial charge is 0.365 e. The van der Waals surface area contributed by atoms with Crippen LogP contribution in [0.1, 0.15) is 15.9 Å². The van der Waals surface area contributed by atoms with Gasteiger partial charge in [-0.15, -0.1) is 5.10 Å². The fraction of sp³-hybridized carbons (Fsp3) is 0. The zero-order valence-corrected chi connectivity index (χ0v) is 13.5. The van der Waals surface area contributed by atoms with Crippen LogP contribution in [0.4, 0.5) is 10.6 Å². The second-order valence-electron chi connectivity index (χ2n) is 5.43. The van der Waals surface area contributed by atoms with E-state index in [1.807, 2.05) is 24.3 Å². The maximum absolute atomic E-state index is 11.5. The number of amides is 3. The van der Waals surface area contributed by atoms with E-state index in [0.717, 1.165) is 11.1 Å². The predicted octanol–water partition coefficient (Wildman–Crippen LogP) is 2.00. The number of rotatable bonds is 4. The highest BCUT2D eigenvalue weighted by Crippen LogP contribution is 2.23. The smallest absolute Gasteiger partial charge is 0.317 e. The second-order valence-corrected chi connectivity index (χ2v) is 5.43. The molecule has 0 aliphatic carbocycles. The van der Waals surface area contributed by atoms with Crippen molar-refractivity contribution in [2.75, 3.05) is 5.32 Å². The van der Waals surface area contributed by atoms with Crippen molar-refractivity contribution in [3.8, 4) is 22.9 Å². The SMILES string of the molecule is N#Cc1cccc(-c2ccc(-n3cc(C(N)=O)c(NC(N)=O)n3)cc2)c1. The minimum Gasteiger partial charge on any atom is -0.365 e. The third kappa shape index (κ3) is 3.37. The van der Waals surface area contributed by atoms with Gasteiger partial charge >= 0.3 is 6.03 Å². The summed E-state index contributed by atoms with van der Waals surface area (Å²) in [5.41, 5.74) is 13.5. The average Bonchev–Trinajstić information content (AvgIpc) is 3.05. The number of nitriles is 1. The van der Waals surface area contributed by atoms with Crippen molar-refractivity contribution in [3.63, 3.8) is 0 Å². The van der Waals surface area contributed by atoms with Crippen molar-refractivity contribution in [2.45, 2.75) is 0 Å². The fourth-order valence-electron chi connectivity index (χ4n) is 2.47. The van der Waals surface area contributed by atoms with Crippen LogP contribution in [-0.4, -0.2) is 21.7 Å². The molecular formula is C18H14N6O2. The van der Waals surface area contributed by atoms with Crippen LogP contribution in [0.3, 0.4) is 0 Å². The summed E-state index contributed by atoms with van der Waals surface area (Å²) in [6.07, 6.45) is 1.42. The number of carbonyl (C=O) groups excluding carboxylic acids is 2. The molecule has 128 valence electrons. The van der Waals surface area contributed by atoms with E-state index in [0.29, 0.717) is 11.3 Å². The summed E-state index contributed by atoms with van der Waals surface area (Å²) < 4.78 is 1.42. The van der Waals surface area contributed by atoms with Gasteiger partial charge in [0.05, 0.1) is 17.3 Å². The van der Waals surface area contributed by atoms with E-state index >= 15 is 0 Å². The number of nitrogens with one attached hydrogen (secondary N) is 1. The van der Waals surface area contributed by atoms with Crippen LogP contribution in [0.5, 0.6) is 0 Å². The first-order chi connectivity index (χ1) is 12.5. The third-order valence-corrected chi connectivity index (χ3v) is 3.68. The highest BCUT2D eigenvalue weighted by atomic mass is 16.2. The van der Waals surface area contributed by atoms with E-state index in [4.69, 9.17) is 16.7 Å². The number of carbonyl (C=O) groups is 2. The highest BCUT2D eigenvalue weighted by molar-refractivity contribution is 6.01. The van der Waals surface area contributed by atoms with Crippen molar-refractivity contribution >= 4 is 17.8 Å². The van der Waals surface area contributed by atoms with Crippen LogP contribution in [0.15, 0.2) is 54.7 Å². The van der Waals surface area contributed by atoms with E-state index in [9.17, 15) is 9.59 Å². The average molecular weight is 346 g/mol. The van der Waals surface area contributed by atoms with Gasteiger partial charge in [-0.05, 0) is 35.4 Å². The Balaban J connectivity index is 1.94. The summed E-state index contributed by atoms with van der Waals surface area (Å²) in [6, 6.07) is 15.8. The molecule has 0 saturated heterocycles. The number of nitrogens with two attached hydrogens (primary N) is 2. The van der Waals surface area contributed by atoms with Crippen LogP contribution < -0.4 is 16.8 Å². The zero-order valence-electron chi connectivity index (χ0n) is 13.5. The van der Waals surface area contributed by atoms with Gasteiger partial charge in [-0.25, -0.2) is 9.48 Å². The lowest BCUT2D eigenvalue weighted by Gasteiger charge is -2.05. The molecular weight excluding hydrogens is 332 g/mol. The van der Waals surface area contributed by atoms with Crippen LogP contribution in [0.25, 0.3) is 16.8 Å². The molecule has 0 spiro atoms. The zero-order chi connectivity index (χ0) is 18.7. The van der Waals surface area contributed by atoms with Gasteiger partial charge in [0.25, 0.3) is 5.91 Å². The number of hydrogen-bond donors (Lipinski definition) is 3. The van der Waals surface area contributed by atoms with Gasteiger partial charge < -0.3 is 11.5 Å². The summed E-state index contributed by atoms with van der Waals surface area (Å²) in [6.45, 7) is 0. The summed E-state index contributed by atoms with van der Waals surface area (Å²) in [7, 11) is 0. The minimum absolute atomic E-state index is 0.00389. The lowest BCUT2D eigenvalue weighted by molar-refractivity contribution is 0.100. The molecule has 1 heterocycles. The number of primary amides is 2. The first-order valence-electron chi connectivity index (χ1n) is 7.55. The van der Waals surface area contributed by atoms with Crippen LogP contribution >= 0.6 is 0 Å². The highest BCUT2D eigenvalue weighted by Gasteiger charge is 2.16. The number of nitrogens with zero attached hydrogens (tertiary/aromatic N) is 3. The molecule has 0 saturated carbocycles. The van der Waals surface area contributed by atoms with E-state index in [1.165, 1.54) is 10.9 Å². The molecule has 2 aromatic carbocycles. The fourth-order valence-corrected chi connectivity index (χ4v) is 2.47. The van der Waals surface area contributed by atoms with Crippen molar-refractivity contribution < 1.29 is 9.59 Å². The van der Waals surface area contributed by atoms with Crippen molar-refractivity contribution in [2.24, 2.45) is 11.5 Å². The maximum Gasteiger partial charge on any atom is 0.317 e. The summed E-state index contributed by atoms with van der Waals surface area (Å²) in [5.74, 6) is -0.735. The molecule has 8 heteroatoms. The second kappa shape index (κ2) is 6.78. The molecule has 3 amide bonds. The normalized spacial score (nSPS) is 10.1. The number of anilines is 1. The first kappa shape index (κ1) is 16.7. The van der Waals surface area contributed by atoms with Crippen molar-refractivity contribution in [1.29, 1.82) is 5.26 Å². The van der Waals surface area contributed by atoms with E-state index in [1.54, 1.807) is 24.3 Å². The molecule has 0 aliphatic heterocycles. The molecule has 8 nitrogen and oxygen atoms in total. The summed E-state index contributed by atoms with van der Waals surface area (Å²) in [5, 5.41) is 15.4. The Morgan fingerprint density at radius 3 is 2.42 bits per heavy atom. The predicted molar refractivity (Wildman–Crippen MR) is 95.4 cm³/mol. The minimum atomic E-state index is -0.842. The topological polar surface area (TPSA) is 140 Å². The van der Waals surface area contributed by atoms with Gasteiger partial charge in [-0.3, -0.25) is 10.1 Å². The van der Waals surface area contributed by atoms with Gasteiger partial charge in [-0.1, -0.05) is 24.3 Å². The first-order valence-corrected chi connectivity index (χ1v) is 7.55. The Morgan fingerprint density at radius 1 is 1.08 bits per heavy atom. The van der Waals surface area contributed by atoms with Gasteiger partial charge in [0, 0.05) is 6.20 Å². The molecule has 0 bridgehead atoms. The van der Waals surface area contributed by atoms with Crippen molar-refractivity contribution in [1.82, 2.24) is 9.78 Å². The quantitative estimate of drug-likeness (QED) is 0.664. The van der Waals surface area contributed by atoms with Crippen LogP contribution in [-0.2, 0) is 0 Å². The molecule has 3 rings (SSSR count). The molecule has 3 aromatic rings. The molecule has 0 aliphatic rings. The van der Waals surface area contributed by atoms with Gasteiger partial charge in [0.15, 0.2) is 5.82 Å². The monoisotopic (exact) mass is 346 g/mol. The Hall–Kier alpha value is -4.12. The standard InChI is InChI=1S/C18H14N6O2/c19-9-11-2-1-3-13(8-11)12-4-6-14(7-5-12)24-10-15(16(20)25)17(23-24)22-18(21)26/h1-8,10H,(H2,20,25)(H3,21,22,23,26). The van der Waals surface area contributed by atoms with Gasteiger partial charge in [0.1, 0.15) is 5.56 Å². The van der Waals surface area contributed by atoms with E-state index in [-0.39, 0.29) is 11.4 Å². The Bertz CT molecular complexity index is 1030. The third-order valence-electron chi connectivity index (χ3n) is 3.68. The van der Waals surface area contributed by atoms with Crippen LogP contribution in [0, 0.1) is 11.3 Å². The lowest BCUT2D eigenvalue weighted by atomic mass is 10.0. The van der Waals surface area contributed by atoms with Crippen LogP contribution in [0.2, 0.25) is 0 Å². The summed E-state index contributed by atoms with van der Waals surface area (Å²) in [4.78, 5) is 22.5.